The Hall–Kier alpha value is -3.98. The van der Waals surface area contributed by atoms with Crippen molar-refractivity contribution in [3.63, 3.8) is 0 Å². The van der Waals surface area contributed by atoms with E-state index in [1.807, 2.05) is 62.4 Å². The van der Waals surface area contributed by atoms with Crippen molar-refractivity contribution in [1.82, 2.24) is 14.0 Å². The number of nitrogens with zero attached hydrogens (tertiary/aromatic N) is 3. The molecule has 186 valence electrons. The molecule has 2 amide bonds. The van der Waals surface area contributed by atoms with Crippen molar-refractivity contribution in [1.29, 1.82) is 0 Å². The van der Waals surface area contributed by atoms with E-state index in [1.165, 1.54) is 9.47 Å². The summed E-state index contributed by atoms with van der Waals surface area (Å²) >= 11 is 1.06. The molecule has 2 aromatic carbocycles. The number of benzene rings is 2. The zero-order valence-electron chi connectivity index (χ0n) is 20.9. The van der Waals surface area contributed by atoms with Gasteiger partial charge in [0, 0.05) is 19.8 Å². The van der Waals surface area contributed by atoms with E-state index in [2.05, 4.69) is 5.32 Å². The van der Waals surface area contributed by atoms with Crippen LogP contribution in [0, 0.1) is 20.8 Å². The van der Waals surface area contributed by atoms with Crippen LogP contribution in [-0.4, -0.2) is 39.9 Å². The number of fused-ring (bicyclic) bond motifs is 1. The highest BCUT2D eigenvalue weighted by molar-refractivity contribution is 7.20. The highest BCUT2D eigenvalue weighted by Crippen LogP contribution is 2.29. The largest absolute Gasteiger partial charge is 0.344 e. The van der Waals surface area contributed by atoms with Gasteiger partial charge in [-0.05, 0) is 43.5 Å². The van der Waals surface area contributed by atoms with Crippen molar-refractivity contribution in [3.8, 4) is 0 Å². The summed E-state index contributed by atoms with van der Waals surface area (Å²) in [5.74, 6) is -0.664. The van der Waals surface area contributed by atoms with E-state index >= 15 is 0 Å². The number of hydrogen-bond acceptors (Lipinski definition) is 5. The van der Waals surface area contributed by atoms with Crippen LogP contribution in [-0.2, 0) is 17.9 Å². The first kappa shape index (κ1) is 25.1. The quantitative estimate of drug-likeness (QED) is 0.435. The van der Waals surface area contributed by atoms with Crippen LogP contribution in [0.3, 0.4) is 0 Å². The van der Waals surface area contributed by atoms with E-state index in [1.54, 1.807) is 21.0 Å². The Morgan fingerprint density at radius 2 is 1.67 bits per heavy atom. The molecule has 0 unspecified atom stereocenters. The summed E-state index contributed by atoms with van der Waals surface area (Å²) in [6.45, 7) is 5.33. The molecule has 0 spiro atoms. The summed E-state index contributed by atoms with van der Waals surface area (Å²) in [5, 5.41) is 3.15. The number of anilines is 1. The molecule has 0 atom stereocenters. The number of thiophene rings is 1. The second-order valence-electron chi connectivity index (χ2n) is 9.05. The van der Waals surface area contributed by atoms with E-state index < -0.39 is 17.2 Å². The maximum absolute atomic E-state index is 13.6. The smallest absolute Gasteiger partial charge is 0.332 e. The molecule has 8 nitrogen and oxygen atoms in total. The number of amides is 2. The molecular formula is C27H28N4O4S. The first-order valence-electron chi connectivity index (χ1n) is 11.5. The van der Waals surface area contributed by atoms with Crippen LogP contribution in [0.4, 0.5) is 5.69 Å². The second kappa shape index (κ2) is 9.94. The Kier molecular flexibility index (Phi) is 6.94. The van der Waals surface area contributed by atoms with Gasteiger partial charge in [-0.2, -0.15) is 0 Å². The van der Waals surface area contributed by atoms with Crippen molar-refractivity contribution < 1.29 is 9.59 Å². The van der Waals surface area contributed by atoms with Crippen molar-refractivity contribution in [2.75, 3.05) is 19.4 Å². The molecule has 0 saturated carbocycles. The molecule has 1 N–H and O–H groups in total. The third-order valence-corrected chi connectivity index (χ3v) is 7.34. The van der Waals surface area contributed by atoms with Gasteiger partial charge in [0.05, 0.1) is 16.8 Å². The fourth-order valence-corrected chi connectivity index (χ4v) is 5.45. The minimum atomic E-state index is -0.600. The molecule has 0 saturated heterocycles. The number of rotatable bonds is 6. The maximum Gasteiger partial charge on any atom is 0.332 e. The van der Waals surface area contributed by atoms with E-state index in [-0.39, 0.29) is 24.4 Å². The Morgan fingerprint density at radius 1 is 0.972 bits per heavy atom. The lowest BCUT2D eigenvalue weighted by molar-refractivity contribution is -0.116. The first-order valence-corrected chi connectivity index (χ1v) is 12.3. The molecule has 2 heterocycles. The average Bonchev–Trinajstić information content (AvgIpc) is 3.18. The van der Waals surface area contributed by atoms with E-state index in [0.717, 1.165) is 32.6 Å². The monoisotopic (exact) mass is 504 g/mol. The summed E-state index contributed by atoms with van der Waals surface area (Å²) in [5.41, 5.74) is 2.83. The molecule has 0 bridgehead atoms. The number of carbonyl (C=O) groups is 2. The second-order valence-corrected chi connectivity index (χ2v) is 10.0. The van der Waals surface area contributed by atoms with Crippen LogP contribution in [0.15, 0.2) is 58.1 Å². The zero-order chi connectivity index (χ0) is 26.1. The summed E-state index contributed by atoms with van der Waals surface area (Å²) in [4.78, 5) is 55.1. The SMILES string of the molecule is Cc1ccc(NC(=O)Cn2c(=O)n(Cc3ccccc3)c(=O)c3c(C)c(C(=O)N(C)C)sc32)c(C)c1. The molecule has 9 heteroatoms. The summed E-state index contributed by atoms with van der Waals surface area (Å²) in [6, 6.07) is 14.9. The van der Waals surface area contributed by atoms with Crippen molar-refractivity contribution in [2.45, 2.75) is 33.9 Å². The topological polar surface area (TPSA) is 93.4 Å². The Balaban J connectivity index is 1.86. The summed E-state index contributed by atoms with van der Waals surface area (Å²) < 4.78 is 2.42. The van der Waals surface area contributed by atoms with Gasteiger partial charge in [0.15, 0.2) is 0 Å². The average molecular weight is 505 g/mol. The fourth-order valence-electron chi connectivity index (χ4n) is 4.13. The van der Waals surface area contributed by atoms with Gasteiger partial charge in [0.25, 0.3) is 11.5 Å². The van der Waals surface area contributed by atoms with Gasteiger partial charge in [-0.3, -0.25) is 23.5 Å². The van der Waals surface area contributed by atoms with Gasteiger partial charge in [-0.1, -0.05) is 48.0 Å². The third kappa shape index (κ3) is 4.74. The molecule has 0 fully saturated rings. The van der Waals surface area contributed by atoms with Gasteiger partial charge in [0.1, 0.15) is 11.4 Å². The molecule has 4 rings (SSSR count). The molecule has 0 aliphatic carbocycles. The van der Waals surface area contributed by atoms with Crippen LogP contribution in [0.25, 0.3) is 10.2 Å². The summed E-state index contributed by atoms with van der Waals surface area (Å²) in [6.07, 6.45) is 0. The van der Waals surface area contributed by atoms with Gasteiger partial charge < -0.3 is 10.2 Å². The van der Waals surface area contributed by atoms with Crippen LogP contribution in [0.1, 0.15) is 31.9 Å². The minimum Gasteiger partial charge on any atom is -0.344 e. The van der Waals surface area contributed by atoms with Crippen molar-refractivity contribution in [3.05, 3.63) is 96.5 Å². The Morgan fingerprint density at radius 3 is 2.31 bits per heavy atom. The molecule has 36 heavy (non-hydrogen) atoms. The molecule has 0 aliphatic heterocycles. The molecule has 4 aromatic rings. The number of hydrogen-bond donors (Lipinski definition) is 1. The highest BCUT2D eigenvalue weighted by atomic mass is 32.1. The number of carbonyl (C=O) groups excluding carboxylic acids is 2. The Labute approximate surface area is 212 Å². The zero-order valence-corrected chi connectivity index (χ0v) is 21.7. The van der Waals surface area contributed by atoms with E-state index in [9.17, 15) is 19.2 Å². The Bertz CT molecular complexity index is 1600. The number of aryl methyl sites for hydroxylation is 3. The summed E-state index contributed by atoms with van der Waals surface area (Å²) in [7, 11) is 3.26. The van der Waals surface area contributed by atoms with Gasteiger partial charge >= 0.3 is 5.69 Å². The van der Waals surface area contributed by atoms with Crippen LogP contribution >= 0.6 is 11.3 Å². The van der Waals surface area contributed by atoms with Crippen LogP contribution in [0.5, 0.6) is 0 Å². The maximum atomic E-state index is 13.6. The number of nitrogens with one attached hydrogen (secondary N) is 1. The predicted molar refractivity (Wildman–Crippen MR) is 143 cm³/mol. The van der Waals surface area contributed by atoms with Crippen LogP contribution < -0.4 is 16.6 Å². The molecule has 0 radical (unpaired) electrons. The standard InChI is InChI=1S/C27H28N4O4S/c1-16-11-12-20(17(2)13-16)28-21(32)15-31-26-22(18(3)23(36-26)25(34)29(4)5)24(33)30(27(31)35)14-19-9-7-6-8-10-19/h6-13H,14-15H2,1-5H3,(H,28,32). The van der Waals surface area contributed by atoms with Gasteiger partial charge in [0.2, 0.25) is 5.91 Å². The van der Waals surface area contributed by atoms with Gasteiger partial charge in [-0.25, -0.2) is 4.79 Å². The van der Waals surface area contributed by atoms with Crippen molar-refractivity contribution in [2.24, 2.45) is 0 Å². The minimum absolute atomic E-state index is 0.0549. The third-order valence-electron chi connectivity index (χ3n) is 6.04. The lowest BCUT2D eigenvalue weighted by Crippen LogP contribution is -2.41. The number of aromatic nitrogens is 2. The highest BCUT2D eigenvalue weighted by Gasteiger charge is 2.25. The lowest BCUT2D eigenvalue weighted by atomic mass is 10.1. The first-order chi connectivity index (χ1) is 17.1. The molecule has 0 aliphatic rings. The van der Waals surface area contributed by atoms with Gasteiger partial charge in [-0.15, -0.1) is 11.3 Å². The van der Waals surface area contributed by atoms with Crippen molar-refractivity contribution >= 4 is 39.1 Å². The van der Waals surface area contributed by atoms with E-state index in [0.29, 0.717) is 21.0 Å². The molecular weight excluding hydrogens is 476 g/mol. The fraction of sp³-hybridized carbons (Fsp3) is 0.259. The predicted octanol–water partition coefficient (Wildman–Crippen LogP) is 3.54. The van der Waals surface area contributed by atoms with Crippen LogP contribution in [0.2, 0.25) is 0 Å². The normalized spacial score (nSPS) is 11.0. The lowest BCUT2D eigenvalue weighted by Gasteiger charge is -2.13. The van der Waals surface area contributed by atoms with E-state index in [4.69, 9.17) is 0 Å². The molecule has 2 aromatic heterocycles.